The van der Waals surface area contributed by atoms with Crippen molar-refractivity contribution in [3.05, 3.63) is 107 Å². The molecule has 0 radical (unpaired) electrons. The minimum atomic E-state index is -1.05. The van der Waals surface area contributed by atoms with E-state index in [1.807, 2.05) is 54.6 Å². The first kappa shape index (κ1) is 30.1. The molecule has 42 heavy (non-hydrogen) atoms. The summed E-state index contributed by atoms with van der Waals surface area (Å²) in [6.07, 6.45) is 5.64. The molecule has 1 aliphatic heterocycles. The van der Waals surface area contributed by atoms with Gasteiger partial charge in [0.15, 0.2) is 0 Å². The van der Waals surface area contributed by atoms with Gasteiger partial charge in [0.1, 0.15) is 18.4 Å². The van der Waals surface area contributed by atoms with Crippen molar-refractivity contribution in [3.8, 4) is 11.8 Å². The van der Waals surface area contributed by atoms with Gasteiger partial charge in [0, 0.05) is 25.6 Å². The largest absolute Gasteiger partial charge is 0.489 e. The van der Waals surface area contributed by atoms with Crippen LogP contribution in [0.3, 0.4) is 0 Å². The molecule has 1 heterocycles. The maximum atomic E-state index is 12.7. The molecular formula is C34H35N3O5. The van der Waals surface area contributed by atoms with Gasteiger partial charge in [-0.15, -0.1) is 0 Å². The van der Waals surface area contributed by atoms with E-state index in [0.717, 1.165) is 22.4 Å². The molecule has 0 unspecified atom stereocenters. The van der Waals surface area contributed by atoms with Gasteiger partial charge >= 0.3 is 5.97 Å². The first-order valence-electron chi connectivity index (χ1n) is 14.1. The lowest BCUT2D eigenvalue weighted by molar-refractivity contribution is -0.142. The zero-order valence-corrected chi connectivity index (χ0v) is 23.4. The molecule has 1 fully saturated rings. The summed E-state index contributed by atoms with van der Waals surface area (Å²) in [5, 5.41) is 21.3. The van der Waals surface area contributed by atoms with Gasteiger partial charge in [0.25, 0.3) is 0 Å². The second kappa shape index (κ2) is 15.2. The summed E-state index contributed by atoms with van der Waals surface area (Å²) in [6, 6.07) is 25.5. The number of likely N-dealkylation sites (tertiary alicyclic amines) is 1. The average Bonchev–Trinajstić information content (AvgIpc) is 3.02. The van der Waals surface area contributed by atoms with Crippen LogP contribution in [0.4, 0.5) is 0 Å². The third-order valence-corrected chi connectivity index (χ3v) is 7.39. The lowest BCUT2D eigenvalue weighted by Gasteiger charge is -2.31. The summed E-state index contributed by atoms with van der Waals surface area (Å²) in [6.45, 7) is 1.56. The highest BCUT2D eigenvalue weighted by atomic mass is 16.5. The molecule has 8 nitrogen and oxygen atoms in total. The number of carbonyl (C=O) groups is 3. The van der Waals surface area contributed by atoms with Gasteiger partial charge in [-0.25, -0.2) is 4.79 Å². The number of nitriles is 1. The molecule has 0 aromatic heterocycles. The number of hydrogen-bond acceptors (Lipinski definition) is 5. The summed E-state index contributed by atoms with van der Waals surface area (Å²) < 4.78 is 5.81. The zero-order valence-electron chi connectivity index (χ0n) is 23.4. The molecular weight excluding hydrogens is 530 g/mol. The number of ether oxygens (including phenoxy) is 1. The van der Waals surface area contributed by atoms with E-state index in [2.05, 4.69) is 11.4 Å². The molecule has 1 atom stereocenters. The Kier molecular flexibility index (Phi) is 10.9. The summed E-state index contributed by atoms with van der Waals surface area (Å²) in [5.41, 5.74) is 3.45. The maximum absolute atomic E-state index is 12.7. The first-order valence-corrected chi connectivity index (χ1v) is 14.1. The van der Waals surface area contributed by atoms with Crippen LogP contribution in [0, 0.1) is 17.2 Å². The SMILES string of the molecule is N#Cc1ccc(/C=C/C(=O)N2CCC(CC(=O)N[C@@H](CCc3ccc(OCc4ccccc4)cc3)C(=O)O)CC2)cc1. The van der Waals surface area contributed by atoms with Crippen LogP contribution in [0.2, 0.25) is 0 Å². The lowest BCUT2D eigenvalue weighted by atomic mass is 9.93. The maximum Gasteiger partial charge on any atom is 0.326 e. The molecule has 1 saturated heterocycles. The van der Waals surface area contributed by atoms with Gasteiger partial charge in [0.05, 0.1) is 11.6 Å². The number of benzene rings is 3. The van der Waals surface area contributed by atoms with Gasteiger partial charge < -0.3 is 20.1 Å². The number of rotatable bonds is 12. The van der Waals surface area contributed by atoms with Crippen LogP contribution in [-0.4, -0.2) is 46.9 Å². The highest BCUT2D eigenvalue weighted by Gasteiger charge is 2.26. The number of piperidine rings is 1. The number of carboxylic acid groups (broad SMARTS) is 1. The molecule has 0 spiro atoms. The van der Waals surface area contributed by atoms with E-state index in [-0.39, 0.29) is 30.6 Å². The van der Waals surface area contributed by atoms with Crippen LogP contribution in [0.15, 0.2) is 84.9 Å². The number of nitrogens with one attached hydrogen (secondary N) is 1. The number of aryl methyl sites for hydroxylation is 1. The quantitative estimate of drug-likeness (QED) is 0.299. The Morgan fingerprint density at radius 3 is 2.31 bits per heavy atom. The standard InChI is InChI=1S/C34H35N3O5/c35-23-28-8-6-25(7-9-28)13-17-33(39)37-20-18-27(19-21-37)22-32(38)36-31(34(40)41)16-12-26-10-14-30(15-11-26)42-24-29-4-2-1-3-5-29/h1-11,13-15,17,27,31H,12,16,18-22,24H2,(H,36,38)(H,40,41)/b17-13+/t31-/m0/s1. The predicted octanol–water partition coefficient (Wildman–Crippen LogP) is 4.98. The molecule has 0 aliphatic carbocycles. The molecule has 1 aliphatic rings. The molecule has 0 saturated carbocycles. The third kappa shape index (κ3) is 9.34. The van der Waals surface area contributed by atoms with Crippen molar-refractivity contribution in [3.63, 3.8) is 0 Å². The zero-order chi connectivity index (χ0) is 29.7. The van der Waals surface area contributed by atoms with Crippen molar-refractivity contribution < 1.29 is 24.2 Å². The number of carboxylic acids is 1. The molecule has 4 rings (SSSR count). The van der Waals surface area contributed by atoms with Crippen molar-refractivity contribution in [2.24, 2.45) is 5.92 Å². The molecule has 3 aromatic rings. The molecule has 2 N–H and O–H groups in total. The number of hydrogen-bond donors (Lipinski definition) is 2. The van der Waals surface area contributed by atoms with E-state index in [1.165, 1.54) is 6.08 Å². The van der Waals surface area contributed by atoms with E-state index >= 15 is 0 Å². The van der Waals surface area contributed by atoms with Crippen molar-refractivity contribution in [2.45, 2.75) is 44.8 Å². The van der Waals surface area contributed by atoms with E-state index in [4.69, 9.17) is 10.00 Å². The molecule has 8 heteroatoms. The van der Waals surface area contributed by atoms with Gasteiger partial charge in [-0.2, -0.15) is 5.26 Å². The normalized spacial score (nSPS) is 14.2. The Labute approximate surface area is 246 Å². The first-order chi connectivity index (χ1) is 20.4. The van der Waals surface area contributed by atoms with Gasteiger partial charge in [-0.05, 0) is 78.6 Å². The number of aliphatic carboxylic acids is 1. The van der Waals surface area contributed by atoms with Crippen molar-refractivity contribution in [1.29, 1.82) is 5.26 Å². The summed E-state index contributed by atoms with van der Waals surface area (Å²) >= 11 is 0. The highest BCUT2D eigenvalue weighted by molar-refractivity contribution is 5.92. The van der Waals surface area contributed by atoms with Crippen LogP contribution >= 0.6 is 0 Å². The van der Waals surface area contributed by atoms with Crippen molar-refractivity contribution in [2.75, 3.05) is 13.1 Å². The van der Waals surface area contributed by atoms with Crippen LogP contribution in [-0.2, 0) is 27.4 Å². The van der Waals surface area contributed by atoms with Crippen molar-refractivity contribution in [1.82, 2.24) is 10.2 Å². The topological polar surface area (TPSA) is 120 Å². The van der Waals surface area contributed by atoms with E-state index in [1.54, 1.807) is 35.2 Å². The molecule has 3 aromatic carbocycles. The monoisotopic (exact) mass is 565 g/mol. The second-order valence-corrected chi connectivity index (χ2v) is 10.5. The number of nitrogens with zero attached hydrogens (tertiary/aromatic N) is 2. The van der Waals surface area contributed by atoms with Gasteiger partial charge in [0.2, 0.25) is 11.8 Å². The van der Waals surface area contributed by atoms with E-state index < -0.39 is 12.0 Å². The smallest absolute Gasteiger partial charge is 0.326 e. The van der Waals surface area contributed by atoms with Crippen LogP contribution in [0.5, 0.6) is 5.75 Å². The Morgan fingerprint density at radius 2 is 1.67 bits per heavy atom. The Bertz CT molecular complexity index is 1400. The average molecular weight is 566 g/mol. The summed E-state index contributed by atoms with van der Waals surface area (Å²) in [4.78, 5) is 38.9. The van der Waals surface area contributed by atoms with Crippen LogP contribution in [0.25, 0.3) is 6.08 Å². The number of carbonyl (C=O) groups excluding carboxylic acids is 2. The van der Waals surface area contributed by atoms with Gasteiger partial charge in [-0.3, -0.25) is 9.59 Å². The van der Waals surface area contributed by atoms with Gasteiger partial charge in [-0.1, -0.05) is 54.6 Å². The minimum Gasteiger partial charge on any atom is -0.489 e. The Hall–Kier alpha value is -4.90. The lowest BCUT2D eigenvalue weighted by Crippen LogP contribution is -2.43. The van der Waals surface area contributed by atoms with Crippen LogP contribution in [0.1, 0.15) is 47.9 Å². The Morgan fingerprint density at radius 1 is 0.976 bits per heavy atom. The fourth-order valence-electron chi connectivity index (χ4n) is 4.88. The highest BCUT2D eigenvalue weighted by Crippen LogP contribution is 2.21. The summed E-state index contributed by atoms with van der Waals surface area (Å²) in [5.74, 6) is -0.600. The van der Waals surface area contributed by atoms with Crippen molar-refractivity contribution >= 4 is 23.9 Å². The molecule has 216 valence electrons. The summed E-state index contributed by atoms with van der Waals surface area (Å²) in [7, 11) is 0. The minimum absolute atomic E-state index is 0.0921. The van der Waals surface area contributed by atoms with E-state index in [9.17, 15) is 19.5 Å². The fraction of sp³-hybridized carbons (Fsp3) is 0.294. The molecule has 0 bridgehead atoms. The van der Waals surface area contributed by atoms with Crippen LogP contribution < -0.4 is 10.1 Å². The molecule has 2 amide bonds. The fourth-order valence-corrected chi connectivity index (χ4v) is 4.88. The third-order valence-electron chi connectivity index (χ3n) is 7.39. The predicted molar refractivity (Wildman–Crippen MR) is 159 cm³/mol. The van der Waals surface area contributed by atoms with E-state index in [0.29, 0.717) is 44.5 Å². The number of amides is 2. The Balaban J connectivity index is 1.17. The second-order valence-electron chi connectivity index (χ2n) is 10.5.